The van der Waals surface area contributed by atoms with Gasteiger partial charge in [-0.05, 0) is 71.2 Å². The van der Waals surface area contributed by atoms with Crippen molar-refractivity contribution in [3.63, 3.8) is 0 Å². The zero-order valence-corrected chi connectivity index (χ0v) is 32.7. The van der Waals surface area contributed by atoms with Crippen LogP contribution >= 0.6 is 0 Å². The Morgan fingerprint density at radius 3 is 2.23 bits per heavy atom. The van der Waals surface area contributed by atoms with Crippen LogP contribution in [0.2, 0.25) is 0 Å². The molecule has 2 aliphatic heterocycles. The highest BCUT2D eigenvalue weighted by molar-refractivity contribution is 5.81. The van der Waals surface area contributed by atoms with Crippen molar-refractivity contribution >= 4 is 17.7 Å². The molecule has 292 valence electrons. The lowest BCUT2D eigenvalue weighted by molar-refractivity contribution is -0.308. The summed E-state index contributed by atoms with van der Waals surface area (Å²) in [5, 5.41) is 34.5. The second-order valence-electron chi connectivity index (χ2n) is 15.4. The lowest BCUT2D eigenvalue weighted by Gasteiger charge is -2.50. The number of rotatable bonds is 8. The van der Waals surface area contributed by atoms with Crippen molar-refractivity contribution < 1.29 is 53.4 Å². The minimum Gasteiger partial charge on any atom is -0.459 e. The summed E-state index contributed by atoms with van der Waals surface area (Å²) in [7, 11) is 3.40. The van der Waals surface area contributed by atoms with Gasteiger partial charge in [0.25, 0.3) is 0 Å². The zero-order chi connectivity index (χ0) is 39.3. The second-order valence-corrected chi connectivity index (χ2v) is 15.4. The largest absolute Gasteiger partial charge is 0.459 e. The standard InChI is InChI=1S/C40H61NO11/c1-13-28-15-17-29(18-16-28)21-41(11)30-20-23(4)49-38(34(30)50-27(8)42)52-36-25(6)33(44)26(7)37(46)51-32(14-2)39(9,47)35(45)24(5)31(43)19-22(3)40(36,10)48-12/h1,15-18,22-26,30,32-36,38,44-45,47H,14,19-21H2,2-12H3/t22-,23-,24+,25+,26-,30+,32-,33+,34+,35-,36-,38+,39-,40-/m1/s1. The van der Waals surface area contributed by atoms with Gasteiger partial charge in [-0.25, -0.2) is 0 Å². The second kappa shape index (κ2) is 18.0. The molecular weight excluding hydrogens is 670 g/mol. The first-order valence-electron chi connectivity index (χ1n) is 18.3. The van der Waals surface area contributed by atoms with Crippen LogP contribution in [0.4, 0.5) is 0 Å². The Hall–Kier alpha value is -2.89. The molecule has 2 fully saturated rings. The summed E-state index contributed by atoms with van der Waals surface area (Å²) < 4.78 is 31.1. The molecule has 0 amide bonds. The number of hydrogen-bond donors (Lipinski definition) is 3. The van der Waals surface area contributed by atoms with E-state index in [0.29, 0.717) is 13.0 Å². The summed E-state index contributed by atoms with van der Waals surface area (Å²) in [4.78, 5) is 42.0. The summed E-state index contributed by atoms with van der Waals surface area (Å²) in [6.07, 6.45) is -1.36. The van der Waals surface area contributed by atoms with Crippen LogP contribution in [-0.2, 0) is 44.6 Å². The Morgan fingerprint density at radius 1 is 1.08 bits per heavy atom. The van der Waals surface area contributed by atoms with E-state index in [1.54, 1.807) is 20.8 Å². The van der Waals surface area contributed by atoms with Crippen molar-refractivity contribution in [2.75, 3.05) is 14.2 Å². The van der Waals surface area contributed by atoms with Crippen LogP contribution in [0.1, 0.15) is 92.7 Å². The maximum atomic E-state index is 13.7. The van der Waals surface area contributed by atoms with E-state index in [1.807, 2.05) is 45.2 Å². The fraction of sp³-hybridized carbons (Fsp3) is 0.725. The number of aliphatic hydroxyl groups is 3. The van der Waals surface area contributed by atoms with E-state index in [2.05, 4.69) is 10.8 Å². The molecule has 2 aliphatic rings. The minimum atomic E-state index is -1.95. The Morgan fingerprint density at radius 2 is 1.69 bits per heavy atom. The number of ketones is 1. The van der Waals surface area contributed by atoms with Crippen LogP contribution in [0.3, 0.4) is 0 Å². The fourth-order valence-corrected chi connectivity index (χ4v) is 7.72. The molecule has 12 heteroatoms. The lowest BCUT2D eigenvalue weighted by Crippen LogP contribution is -2.62. The quantitative estimate of drug-likeness (QED) is 0.264. The van der Waals surface area contributed by atoms with Gasteiger partial charge >= 0.3 is 11.9 Å². The molecule has 14 atom stereocenters. The number of aliphatic hydroxyl groups excluding tert-OH is 2. The monoisotopic (exact) mass is 731 g/mol. The van der Waals surface area contributed by atoms with Gasteiger partial charge in [-0.1, -0.05) is 45.7 Å². The number of benzene rings is 1. The third kappa shape index (κ3) is 9.61. The number of Topliss-reactive ketones (excluding diaryl/α,β-unsaturated/α-hetero) is 1. The van der Waals surface area contributed by atoms with Crippen molar-refractivity contribution in [3.05, 3.63) is 35.4 Å². The highest BCUT2D eigenvalue weighted by atomic mass is 16.7. The van der Waals surface area contributed by atoms with Crippen molar-refractivity contribution in [2.24, 2.45) is 23.7 Å². The molecule has 52 heavy (non-hydrogen) atoms. The van der Waals surface area contributed by atoms with Crippen molar-refractivity contribution in [1.82, 2.24) is 4.90 Å². The zero-order valence-electron chi connectivity index (χ0n) is 32.7. The normalized spacial score (nSPS) is 39.7. The number of terminal acetylenes is 1. The number of hydrogen-bond acceptors (Lipinski definition) is 12. The molecule has 0 aromatic heterocycles. The molecule has 0 unspecified atom stereocenters. The van der Waals surface area contributed by atoms with Crippen LogP contribution in [0, 0.1) is 36.0 Å². The number of nitrogens with zero attached hydrogens (tertiary/aromatic N) is 1. The fourth-order valence-electron chi connectivity index (χ4n) is 7.72. The topological polar surface area (TPSA) is 161 Å². The van der Waals surface area contributed by atoms with Gasteiger partial charge in [0.2, 0.25) is 0 Å². The van der Waals surface area contributed by atoms with Crippen molar-refractivity contribution in [1.29, 1.82) is 0 Å². The molecular formula is C40H61NO11. The number of likely N-dealkylation sites (N-methyl/N-ethyl adjacent to an activating group) is 1. The van der Waals surface area contributed by atoms with Crippen LogP contribution < -0.4 is 0 Å². The number of carbonyl (C=O) groups excluding carboxylic acids is 3. The maximum absolute atomic E-state index is 13.7. The summed E-state index contributed by atoms with van der Waals surface area (Å²) in [6.45, 7) is 15.1. The number of carbonyl (C=O) groups is 3. The summed E-state index contributed by atoms with van der Waals surface area (Å²) in [6, 6.07) is 7.28. The Kier molecular flexibility index (Phi) is 15.0. The highest BCUT2D eigenvalue weighted by Gasteiger charge is 2.53. The van der Waals surface area contributed by atoms with Gasteiger partial charge in [-0.2, -0.15) is 0 Å². The predicted molar refractivity (Wildman–Crippen MR) is 194 cm³/mol. The molecule has 12 nitrogen and oxygen atoms in total. The first kappa shape index (κ1) is 43.5. The van der Waals surface area contributed by atoms with Crippen molar-refractivity contribution in [2.45, 2.75) is 148 Å². The minimum absolute atomic E-state index is 0.0768. The molecule has 0 aliphatic carbocycles. The number of esters is 2. The number of ether oxygens (including phenoxy) is 5. The Labute approximate surface area is 309 Å². The first-order valence-corrected chi connectivity index (χ1v) is 18.3. The number of methoxy groups -OCH3 is 1. The molecule has 0 saturated carbocycles. The first-order chi connectivity index (χ1) is 24.2. The molecule has 0 bridgehead atoms. The van der Waals surface area contributed by atoms with Gasteiger partial charge in [0, 0.05) is 44.4 Å². The molecule has 1 aromatic carbocycles. The predicted octanol–water partition coefficient (Wildman–Crippen LogP) is 3.64. The Bertz CT molecular complexity index is 1410. The average molecular weight is 732 g/mol. The van der Waals surface area contributed by atoms with Gasteiger partial charge < -0.3 is 39.0 Å². The van der Waals surface area contributed by atoms with Crippen molar-refractivity contribution in [3.8, 4) is 12.3 Å². The summed E-state index contributed by atoms with van der Waals surface area (Å²) in [5.74, 6) is -2.59. The van der Waals surface area contributed by atoms with Crippen LogP contribution in [0.25, 0.3) is 0 Å². The average Bonchev–Trinajstić information content (AvgIpc) is 3.10. The molecule has 3 N–H and O–H groups in total. The van der Waals surface area contributed by atoms with Gasteiger partial charge in [0.05, 0.1) is 42.0 Å². The molecule has 0 spiro atoms. The Balaban J connectivity index is 2.09. The maximum Gasteiger partial charge on any atom is 0.311 e. The van der Waals surface area contributed by atoms with E-state index < -0.39 is 83.6 Å². The molecule has 0 radical (unpaired) electrons. The highest BCUT2D eigenvalue weighted by Crippen LogP contribution is 2.41. The van der Waals surface area contributed by atoms with E-state index >= 15 is 0 Å². The smallest absolute Gasteiger partial charge is 0.311 e. The van der Waals surface area contributed by atoms with Crippen LogP contribution in [-0.4, -0.2) is 112 Å². The molecule has 3 rings (SSSR count). The van der Waals surface area contributed by atoms with Crippen LogP contribution in [0.15, 0.2) is 24.3 Å². The van der Waals surface area contributed by atoms with Gasteiger partial charge in [-0.3, -0.25) is 19.3 Å². The molecule has 2 heterocycles. The van der Waals surface area contributed by atoms with E-state index in [1.165, 1.54) is 34.8 Å². The molecule has 2 saturated heterocycles. The summed E-state index contributed by atoms with van der Waals surface area (Å²) >= 11 is 0. The van der Waals surface area contributed by atoms with E-state index in [4.69, 9.17) is 30.1 Å². The third-order valence-corrected chi connectivity index (χ3v) is 11.5. The number of cyclic esters (lactones) is 1. The molecule has 1 aromatic rings. The SMILES string of the molecule is C#Cc1ccc(CN(C)[C@H]2C[C@@H](C)O[C@@H](O[C@@H]3[C@@H](C)[C@H](O)[C@@H](C)C(=O)O[C@H](CC)[C@@](C)(O)[C@H](O)[C@@H](C)C(=O)C[C@@H](C)[C@@]3(C)OC)[C@H]2OC(C)=O)cc1. The van der Waals surface area contributed by atoms with E-state index in [-0.39, 0.29) is 30.8 Å². The van der Waals surface area contributed by atoms with Gasteiger partial charge in [-0.15, -0.1) is 6.42 Å². The lowest BCUT2D eigenvalue weighted by atomic mass is 9.72. The van der Waals surface area contributed by atoms with Gasteiger partial charge in [0.1, 0.15) is 17.5 Å². The van der Waals surface area contributed by atoms with E-state index in [9.17, 15) is 29.7 Å². The summed E-state index contributed by atoms with van der Waals surface area (Å²) in [5.41, 5.74) is -1.48. The van der Waals surface area contributed by atoms with E-state index in [0.717, 1.165) is 11.1 Å². The third-order valence-electron chi connectivity index (χ3n) is 11.5. The van der Waals surface area contributed by atoms with Crippen LogP contribution in [0.5, 0.6) is 0 Å². The van der Waals surface area contributed by atoms with Gasteiger partial charge in [0.15, 0.2) is 12.4 Å².